The Morgan fingerprint density at radius 2 is 1.80 bits per heavy atom. The molecule has 0 heterocycles. The van der Waals surface area contributed by atoms with Gasteiger partial charge < -0.3 is 9.84 Å². The van der Waals surface area contributed by atoms with Crippen molar-refractivity contribution in [1.82, 2.24) is 0 Å². The molecule has 0 saturated carbocycles. The van der Waals surface area contributed by atoms with Crippen LogP contribution in [0.1, 0.15) is 29.2 Å². The lowest BCUT2D eigenvalue weighted by atomic mass is 9.85. The van der Waals surface area contributed by atoms with Crippen molar-refractivity contribution in [2.45, 2.75) is 32.8 Å². The summed E-state index contributed by atoms with van der Waals surface area (Å²) < 4.78 is 5.37. The fourth-order valence-electron chi connectivity index (χ4n) is 2.63. The highest BCUT2D eigenvalue weighted by atomic mass is 16.5. The molecule has 0 bridgehead atoms. The van der Waals surface area contributed by atoms with E-state index in [1.807, 2.05) is 45.0 Å². The molecule has 2 heteroatoms. The molecule has 0 fully saturated rings. The molecule has 1 N–H and O–H groups in total. The summed E-state index contributed by atoms with van der Waals surface area (Å²) in [5.74, 6) is 0.818. The van der Waals surface area contributed by atoms with Gasteiger partial charge in [0.05, 0.1) is 12.7 Å². The summed E-state index contributed by atoms with van der Waals surface area (Å²) >= 11 is 0. The molecule has 0 saturated heterocycles. The lowest BCUT2D eigenvalue weighted by Crippen LogP contribution is -2.25. The third-order valence-electron chi connectivity index (χ3n) is 3.70. The minimum atomic E-state index is -0.912. The van der Waals surface area contributed by atoms with Gasteiger partial charge in [-0.1, -0.05) is 42.0 Å². The van der Waals surface area contributed by atoms with Crippen LogP contribution in [0.15, 0.2) is 42.5 Å². The SMILES string of the molecule is COc1ccccc1CC(C)(O)c1cc(C)ccc1C. The summed E-state index contributed by atoms with van der Waals surface area (Å²) in [7, 11) is 1.66. The van der Waals surface area contributed by atoms with E-state index < -0.39 is 5.60 Å². The standard InChI is InChI=1S/C18H22O2/c1-13-9-10-14(2)16(11-13)18(3,19)12-15-7-5-6-8-17(15)20-4/h5-11,19H,12H2,1-4H3. The molecule has 0 spiro atoms. The zero-order valence-electron chi connectivity index (χ0n) is 12.6. The predicted molar refractivity (Wildman–Crippen MR) is 82.2 cm³/mol. The Morgan fingerprint density at radius 1 is 1.10 bits per heavy atom. The molecule has 106 valence electrons. The zero-order valence-corrected chi connectivity index (χ0v) is 12.6. The van der Waals surface area contributed by atoms with Gasteiger partial charge in [-0.25, -0.2) is 0 Å². The van der Waals surface area contributed by atoms with Crippen molar-refractivity contribution in [1.29, 1.82) is 0 Å². The quantitative estimate of drug-likeness (QED) is 0.916. The molecule has 2 aromatic carbocycles. The lowest BCUT2D eigenvalue weighted by Gasteiger charge is -2.27. The third-order valence-corrected chi connectivity index (χ3v) is 3.70. The van der Waals surface area contributed by atoms with Gasteiger partial charge in [-0.3, -0.25) is 0 Å². The molecule has 2 nitrogen and oxygen atoms in total. The maximum absolute atomic E-state index is 10.9. The van der Waals surface area contributed by atoms with Crippen molar-refractivity contribution in [3.63, 3.8) is 0 Å². The highest BCUT2D eigenvalue weighted by Crippen LogP contribution is 2.31. The van der Waals surface area contributed by atoms with E-state index in [1.54, 1.807) is 7.11 Å². The van der Waals surface area contributed by atoms with Crippen molar-refractivity contribution in [3.05, 3.63) is 64.7 Å². The van der Waals surface area contributed by atoms with Crippen LogP contribution in [0.2, 0.25) is 0 Å². The first-order valence-electron chi connectivity index (χ1n) is 6.86. The number of aliphatic hydroxyl groups is 1. The highest BCUT2D eigenvalue weighted by Gasteiger charge is 2.26. The van der Waals surface area contributed by atoms with E-state index in [2.05, 4.69) is 18.2 Å². The second-order valence-electron chi connectivity index (χ2n) is 5.58. The average molecular weight is 270 g/mol. The van der Waals surface area contributed by atoms with Crippen LogP contribution in [0.3, 0.4) is 0 Å². The maximum Gasteiger partial charge on any atom is 0.122 e. The Balaban J connectivity index is 2.37. The van der Waals surface area contributed by atoms with Crippen LogP contribution in [-0.4, -0.2) is 12.2 Å². The van der Waals surface area contributed by atoms with E-state index in [4.69, 9.17) is 4.74 Å². The fraction of sp³-hybridized carbons (Fsp3) is 0.333. The van der Waals surface area contributed by atoms with Gasteiger partial charge in [-0.15, -0.1) is 0 Å². The van der Waals surface area contributed by atoms with Gasteiger partial charge in [0.2, 0.25) is 0 Å². The molecule has 0 aromatic heterocycles. The first-order valence-corrected chi connectivity index (χ1v) is 6.86. The third kappa shape index (κ3) is 3.02. The first kappa shape index (κ1) is 14.6. The van der Waals surface area contributed by atoms with Crippen LogP contribution >= 0.6 is 0 Å². The van der Waals surface area contributed by atoms with Gasteiger partial charge in [0.25, 0.3) is 0 Å². The molecule has 20 heavy (non-hydrogen) atoms. The highest BCUT2D eigenvalue weighted by molar-refractivity contribution is 5.39. The number of hydrogen-bond donors (Lipinski definition) is 1. The molecule has 0 aliphatic rings. The van der Waals surface area contributed by atoms with Crippen molar-refractivity contribution in [2.24, 2.45) is 0 Å². The Bertz CT molecular complexity index is 600. The number of para-hydroxylation sites is 1. The Morgan fingerprint density at radius 3 is 2.50 bits per heavy atom. The van der Waals surface area contributed by atoms with Gasteiger partial charge >= 0.3 is 0 Å². The second-order valence-corrected chi connectivity index (χ2v) is 5.58. The van der Waals surface area contributed by atoms with Crippen LogP contribution in [0.5, 0.6) is 5.75 Å². The van der Waals surface area contributed by atoms with Crippen molar-refractivity contribution >= 4 is 0 Å². The number of ether oxygens (including phenoxy) is 1. The van der Waals surface area contributed by atoms with Crippen LogP contribution < -0.4 is 4.74 Å². The van der Waals surface area contributed by atoms with Crippen molar-refractivity contribution in [2.75, 3.05) is 7.11 Å². The number of hydrogen-bond acceptors (Lipinski definition) is 2. The Labute approximate surface area is 121 Å². The summed E-state index contributed by atoms with van der Waals surface area (Å²) in [4.78, 5) is 0. The summed E-state index contributed by atoms with van der Waals surface area (Å²) in [6.07, 6.45) is 0.529. The fourth-order valence-corrected chi connectivity index (χ4v) is 2.63. The minimum absolute atomic E-state index is 0.529. The van der Waals surface area contributed by atoms with Crippen molar-refractivity contribution in [3.8, 4) is 5.75 Å². The smallest absolute Gasteiger partial charge is 0.122 e. The summed E-state index contributed by atoms with van der Waals surface area (Å²) in [5, 5.41) is 10.9. The molecular weight excluding hydrogens is 248 g/mol. The zero-order chi connectivity index (χ0) is 14.8. The first-order chi connectivity index (χ1) is 9.44. The summed E-state index contributed by atoms with van der Waals surface area (Å²) in [6, 6.07) is 14.0. The lowest BCUT2D eigenvalue weighted by molar-refractivity contribution is 0.0563. The Hall–Kier alpha value is -1.80. The minimum Gasteiger partial charge on any atom is -0.496 e. The largest absolute Gasteiger partial charge is 0.496 e. The van der Waals surface area contributed by atoms with Gasteiger partial charge in [-0.05, 0) is 43.5 Å². The molecule has 0 radical (unpaired) electrons. The van der Waals surface area contributed by atoms with Crippen LogP contribution in [0.4, 0.5) is 0 Å². The molecule has 1 atom stereocenters. The summed E-state index contributed by atoms with van der Waals surface area (Å²) in [6.45, 7) is 5.94. The van der Waals surface area contributed by atoms with Gasteiger partial charge in [0, 0.05) is 6.42 Å². The van der Waals surface area contributed by atoms with Crippen LogP contribution in [0, 0.1) is 13.8 Å². The molecule has 0 aliphatic heterocycles. The van der Waals surface area contributed by atoms with Crippen LogP contribution in [0.25, 0.3) is 0 Å². The predicted octanol–water partition coefficient (Wildman–Crippen LogP) is 3.76. The van der Waals surface area contributed by atoms with E-state index in [0.29, 0.717) is 6.42 Å². The maximum atomic E-state index is 10.9. The van der Waals surface area contributed by atoms with Crippen molar-refractivity contribution < 1.29 is 9.84 Å². The second kappa shape index (κ2) is 5.68. The molecule has 2 aromatic rings. The average Bonchev–Trinajstić information content (AvgIpc) is 2.41. The van der Waals surface area contributed by atoms with E-state index in [1.165, 1.54) is 0 Å². The number of benzene rings is 2. The molecule has 1 unspecified atom stereocenters. The molecule has 0 amide bonds. The van der Waals surface area contributed by atoms with E-state index in [-0.39, 0.29) is 0 Å². The Kier molecular flexibility index (Phi) is 4.15. The molecule has 0 aliphatic carbocycles. The number of aryl methyl sites for hydroxylation is 2. The van der Waals surface area contributed by atoms with Gasteiger partial charge in [-0.2, -0.15) is 0 Å². The summed E-state index contributed by atoms with van der Waals surface area (Å²) in [5.41, 5.74) is 3.34. The van der Waals surface area contributed by atoms with Gasteiger partial charge in [0.15, 0.2) is 0 Å². The molecular formula is C18H22O2. The molecule has 2 rings (SSSR count). The van der Waals surface area contributed by atoms with E-state index in [9.17, 15) is 5.11 Å². The van der Waals surface area contributed by atoms with Gasteiger partial charge in [0.1, 0.15) is 5.75 Å². The normalized spacial score (nSPS) is 13.8. The monoisotopic (exact) mass is 270 g/mol. The van der Waals surface area contributed by atoms with Crippen LogP contribution in [-0.2, 0) is 12.0 Å². The number of methoxy groups -OCH3 is 1. The topological polar surface area (TPSA) is 29.5 Å². The van der Waals surface area contributed by atoms with E-state index in [0.717, 1.165) is 28.0 Å². The number of rotatable bonds is 4. The van der Waals surface area contributed by atoms with E-state index >= 15 is 0 Å².